The minimum Gasteiger partial charge on any atom is -0.270 e. The van der Waals surface area contributed by atoms with Gasteiger partial charge in [0.2, 0.25) is 6.08 Å². The highest BCUT2D eigenvalue weighted by Gasteiger charge is 2.46. The number of halogens is 1. The Morgan fingerprint density at radius 3 is 3.00 bits per heavy atom. The first-order valence-electron chi connectivity index (χ1n) is 4.99. The lowest BCUT2D eigenvalue weighted by Gasteiger charge is -2.09. The molecule has 0 radical (unpaired) electrons. The second kappa shape index (κ2) is 3.27. The number of hydrogen-bond acceptors (Lipinski definition) is 3. The van der Waals surface area contributed by atoms with Crippen molar-refractivity contribution in [3.63, 3.8) is 0 Å². The number of aliphatic imine (C=N–C) groups is 1. The van der Waals surface area contributed by atoms with Crippen molar-refractivity contribution < 1.29 is 4.79 Å². The lowest BCUT2D eigenvalue weighted by atomic mass is 10.0. The third-order valence-corrected chi connectivity index (χ3v) is 3.59. The molecule has 1 aliphatic rings. The van der Waals surface area contributed by atoms with Gasteiger partial charge in [-0.25, -0.2) is 4.79 Å². The zero-order valence-electron chi connectivity index (χ0n) is 8.33. The summed E-state index contributed by atoms with van der Waals surface area (Å²) in [6.45, 7) is 0. The normalized spacial score (nSPS) is 17.1. The van der Waals surface area contributed by atoms with Crippen molar-refractivity contribution in [1.82, 2.24) is 10.2 Å². The van der Waals surface area contributed by atoms with E-state index in [0.29, 0.717) is 0 Å². The molecule has 0 bridgehead atoms. The summed E-state index contributed by atoms with van der Waals surface area (Å²) in [7, 11) is 0. The summed E-state index contributed by atoms with van der Waals surface area (Å²) in [5.41, 5.74) is 1.58. The summed E-state index contributed by atoms with van der Waals surface area (Å²) in [6.07, 6.45) is 3.48. The average Bonchev–Trinajstić information content (AvgIpc) is 2.98. The molecule has 1 aliphatic carbocycles. The molecule has 1 heterocycles. The highest BCUT2D eigenvalue weighted by Crippen LogP contribution is 2.51. The number of fused-ring (bicyclic) bond motifs is 1. The van der Waals surface area contributed by atoms with Crippen LogP contribution in [0.3, 0.4) is 0 Å². The average molecular weight is 278 g/mol. The predicted molar refractivity (Wildman–Crippen MR) is 62.8 cm³/mol. The molecule has 1 saturated carbocycles. The number of H-pyrrole nitrogens is 1. The Hall–Kier alpha value is -1.45. The molecule has 4 nitrogen and oxygen atoms in total. The van der Waals surface area contributed by atoms with E-state index >= 15 is 0 Å². The molecule has 0 amide bonds. The quantitative estimate of drug-likeness (QED) is 0.678. The maximum atomic E-state index is 10.5. The highest BCUT2D eigenvalue weighted by atomic mass is 79.9. The SMILES string of the molecule is O=C=NC1(c2cccc3n[nH]c(Br)c23)CC1. The van der Waals surface area contributed by atoms with Gasteiger partial charge in [0.1, 0.15) is 4.60 Å². The van der Waals surface area contributed by atoms with E-state index in [4.69, 9.17) is 0 Å². The van der Waals surface area contributed by atoms with E-state index in [1.165, 1.54) is 0 Å². The van der Waals surface area contributed by atoms with Crippen LogP contribution in [0.1, 0.15) is 18.4 Å². The zero-order valence-corrected chi connectivity index (χ0v) is 9.91. The molecule has 5 heteroatoms. The van der Waals surface area contributed by atoms with Crippen LogP contribution in [0.2, 0.25) is 0 Å². The Labute approximate surface area is 99.9 Å². The summed E-state index contributed by atoms with van der Waals surface area (Å²) < 4.78 is 0.838. The summed E-state index contributed by atoms with van der Waals surface area (Å²) in [6, 6.07) is 5.86. The summed E-state index contributed by atoms with van der Waals surface area (Å²) in [4.78, 5) is 14.4. The molecule has 1 fully saturated rings. The van der Waals surface area contributed by atoms with Crippen molar-refractivity contribution in [3.05, 3.63) is 28.4 Å². The lowest BCUT2D eigenvalue weighted by Crippen LogP contribution is -2.02. The Morgan fingerprint density at radius 1 is 1.50 bits per heavy atom. The molecule has 0 saturated heterocycles. The standard InChI is InChI=1S/C11H8BrN3O/c12-10-9-7(11(4-5-11)13-6-16)2-1-3-8(9)14-15-10/h1-3H,4-5H2,(H,14,15). The van der Waals surface area contributed by atoms with Crippen LogP contribution >= 0.6 is 15.9 Å². The second-order valence-corrected chi connectivity index (χ2v) is 4.76. The molecule has 16 heavy (non-hydrogen) atoms. The van der Waals surface area contributed by atoms with Gasteiger partial charge < -0.3 is 0 Å². The molecular weight excluding hydrogens is 270 g/mol. The minimum absolute atomic E-state index is 0.354. The van der Waals surface area contributed by atoms with Gasteiger partial charge in [-0.3, -0.25) is 5.10 Å². The molecule has 0 atom stereocenters. The number of isocyanates is 1. The molecule has 1 N–H and O–H groups in total. The monoisotopic (exact) mass is 277 g/mol. The van der Waals surface area contributed by atoms with Crippen LogP contribution in [-0.2, 0) is 10.3 Å². The van der Waals surface area contributed by atoms with E-state index in [1.807, 2.05) is 18.2 Å². The zero-order chi connectivity index (χ0) is 11.2. The fraction of sp³-hybridized carbons (Fsp3) is 0.273. The predicted octanol–water partition coefficient (Wildman–Crippen LogP) is 2.65. The largest absolute Gasteiger partial charge is 0.270 e. The fourth-order valence-corrected chi connectivity index (χ4v) is 2.57. The molecule has 0 aliphatic heterocycles. The van der Waals surface area contributed by atoms with Crippen molar-refractivity contribution >= 4 is 32.9 Å². The highest BCUT2D eigenvalue weighted by molar-refractivity contribution is 9.10. The molecule has 2 aromatic rings. The van der Waals surface area contributed by atoms with Crippen LogP contribution in [-0.4, -0.2) is 16.3 Å². The van der Waals surface area contributed by atoms with Crippen LogP contribution in [0.4, 0.5) is 0 Å². The van der Waals surface area contributed by atoms with Gasteiger partial charge in [-0.15, -0.1) is 0 Å². The number of rotatable bonds is 2. The van der Waals surface area contributed by atoms with E-state index < -0.39 is 0 Å². The number of benzene rings is 1. The number of hydrogen-bond donors (Lipinski definition) is 1. The first-order chi connectivity index (χ1) is 7.77. The molecule has 1 aromatic heterocycles. The van der Waals surface area contributed by atoms with Crippen LogP contribution in [0.25, 0.3) is 10.9 Å². The third kappa shape index (κ3) is 1.25. The van der Waals surface area contributed by atoms with Crippen LogP contribution in [0.15, 0.2) is 27.8 Å². The lowest BCUT2D eigenvalue weighted by molar-refractivity contribution is 0.556. The number of nitrogens with one attached hydrogen (secondary N) is 1. The van der Waals surface area contributed by atoms with Gasteiger partial charge in [0, 0.05) is 5.39 Å². The van der Waals surface area contributed by atoms with Crippen molar-refractivity contribution in [2.45, 2.75) is 18.4 Å². The van der Waals surface area contributed by atoms with Crippen LogP contribution in [0.5, 0.6) is 0 Å². The van der Waals surface area contributed by atoms with Crippen molar-refractivity contribution in [1.29, 1.82) is 0 Å². The molecule has 80 valence electrons. The van der Waals surface area contributed by atoms with Gasteiger partial charge in [-0.05, 0) is 40.4 Å². The van der Waals surface area contributed by atoms with E-state index in [1.54, 1.807) is 6.08 Å². The molecule has 3 rings (SSSR count). The molecular formula is C11H8BrN3O. The second-order valence-electron chi connectivity index (χ2n) is 3.97. The number of aromatic amines is 1. The van der Waals surface area contributed by atoms with Crippen LogP contribution in [0, 0.1) is 0 Å². The Balaban J connectivity index is 2.31. The van der Waals surface area contributed by atoms with Gasteiger partial charge in [0.15, 0.2) is 0 Å². The van der Waals surface area contributed by atoms with E-state index in [-0.39, 0.29) is 5.54 Å². The van der Waals surface area contributed by atoms with Gasteiger partial charge in [-0.2, -0.15) is 10.1 Å². The van der Waals surface area contributed by atoms with Gasteiger partial charge in [0.25, 0.3) is 0 Å². The van der Waals surface area contributed by atoms with Crippen LogP contribution < -0.4 is 0 Å². The Kier molecular flexibility index (Phi) is 1.99. The smallest absolute Gasteiger partial charge is 0.235 e. The van der Waals surface area contributed by atoms with E-state index in [0.717, 1.165) is 33.9 Å². The van der Waals surface area contributed by atoms with E-state index in [9.17, 15) is 4.79 Å². The molecule has 0 spiro atoms. The maximum Gasteiger partial charge on any atom is 0.235 e. The van der Waals surface area contributed by atoms with Gasteiger partial charge in [-0.1, -0.05) is 12.1 Å². The van der Waals surface area contributed by atoms with Gasteiger partial charge >= 0.3 is 0 Å². The summed E-state index contributed by atoms with van der Waals surface area (Å²) in [5, 5.41) is 8.07. The number of carbonyl (C=O) groups excluding carboxylic acids is 1. The number of aromatic nitrogens is 2. The van der Waals surface area contributed by atoms with Crippen molar-refractivity contribution in [2.75, 3.05) is 0 Å². The summed E-state index contributed by atoms with van der Waals surface area (Å²) in [5.74, 6) is 0. The molecule has 0 unspecified atom stereocenters. The molecule has 1 aromatic carbocycles. The van der Waals surface area contributed by atoms with Crippen molar-refractivity contribution in [3.8, 4) is 0 Å². The minimum atomic E-state index is -0.354. The van der Waals surface area contributed by atoms with E-state index in [2.05, 4.69) is 31.1 Å². The van der Waals surface area contributed by atoms with Crippen molar-refractivity contribution in [2.24, 2.45) is 4.99 Å². The number of nitrogens with zero attached hydrogens (tertiary/aromatic N) is 2. The first-order valence-corrected chi connectivity index (χ1v) is 5.78. The Morgan fingerprint density at radius 2 is 2.31 bits per heavy atom. The summed E-state index contributed by atoms with van der Waals surface area (Å²) >= 11 is 3.43. The maximum absolute atomic E-state index is 10.5. The Bertz CT molecular complexity index is 609. The first kappa shape index (κ1) is 9.75. The fourth-order valence-electron chi connectivity index (χ4n) is 2.06. The van der Waals surface area contributed by atoms with Gasteiger partial charge in [0.05, 0.1) is 11.1 Å². The third-order valence-electron chi connectivity index (χ3n) is 3.02. The topological polar surface area (TPSA) is 58.1 Å².